The van der Waals surface area contributed by atoms with Crippen LogP contribution in [0.25, 0.3) is 22.0 Å². The molecule has 118 valence electrons. The van der Waals surface area contributed by atoms with Crippen LogP contribution in [0.2, 0.25) is 0 Å². The van der Waals surface area contributed by atoms with Crippen LogP contribution in [0, 0.1) is 0 Å². The van der Waals surface area contributed by atoms with Crippen LogP contribution < -0.4 is 16.2 Å². The largest absolute Gasteiger partial charge is 0.457 e. The smallest absolute Gasteiger partial charge is 0.153 e. The van der Waals surface area contributed by atoms with Crippen molar-refractivity contribution < 1.29 is 4.74 Å². The van der Waals surface area contributed by atoms with Crippen LogP contribution in [0.3, 0.4) is 0 Å². The number of aromatic amines is 1. The van der Waals surface area contributed by atoms with E-state index >= 15 is 0 Å². The number of para-hydroxylation sites is 1. The van der Waals surface area contributed by atoms with Gasteiger partial charge in [-0.25, -0.2) is 4.98 Å². The second-order valence-electron chi connectivity index (χ2n) is 5.36. The van der Waals surface area contributed by atoms with Gasteiger partial charge in [0.15, 0.2) is 5.82 Å². The lowest BCUT2D eigenvalue weighted by atomic mass is 10.0. The second-order valence-corrected chi connectivity index (χ2v) is 5.36. The van der Waals surface area contributed by atoms with Crippen molar-refractivity contribution in [1.29, 1.82) is 0 Å². The van der Waals surface area contributed by atoms with Gasteiger partial charge < -0.3 is 16.2 Å². The van der Waals surface area contributed by atoms with Crippen LogP contribution in [0.5, 0.6) is 11.5 Å². The zero-order valence-electron chi connectivity index (χ0n) is 12.7. The Bertz CT molecular complexity index is 993. The summed E-state index contributed by atoms with van der Waals surface area (Å²) < 4.78 is 5.81. The quantitative estimate of drug-likeness (QED) is 0.536. The number of aromatic nitrogens is 3. The summed E-state index contributed by atoms with van der Waals surface area (Å²) in [5, 5.41) is 7.62. The van der Waals surface area contributed by atoms with Gasteiger partial charge in [-0.05, 0) is 29.8 Å². The third-order valence-corrected chi connectivity index (χ3v) is 3.80. The first-order valence-electron chi connectivity index (χ1n) is 7.44. The predicted molar refractivity (Wildman–Crippen MR) is 94.7 cm³/mol. The zero-order valence-corrected chi connectivity index (χ0v) is 12.7. The molecule has 2 aromatic heterocycles. The number of nitrogen functional groups attached to an aromatic ring is 2. The molecule has 4 rings (SSSR count). The van der Waals surface area contributed by atoms with E-state index in [0.29, 0.717) is 17.2 Å². The molecular formula is C18H15N5O. The van der Waals surface area contributed by atoms with Gasteiger partial charge in [-0.1, -0.05) is 30.3 Å². The number of benzene rings is 2. The minimum atomic E-state index is 0.377. The first kappa shape index (κ1) is 14.1. The molecule has 6 nitrogen and oxygen atoms in total. The molecule has 24 heavy (non-hydrogen) atoms. The molecular weight excluding hydrogens is 302 g/mol. The van der Waals surface area contributed by atoms with Crippen LogP contribution in [-0.2, 0) is 0 Å². The number of ether oxygens (including phenoxy) is 1. The monoisotopic (exact) mass is 317 g/mol. The fraction of sp³-hybridized carbons (Fsp3) is 0. The molecule has 0 bridgehead atoms. The fourth-order valence-corrected chi connectivity index (χ4v) is 2.62. The number of hydrogen-bond acceptors (Lipinski definition) is 5. The Kier molecular flexibility index (Phi) is 3.28. The van der Waals surface area contributed by atoms with E-state index in [0.717, 1.165) is 28.0 Å². The summed E-state index contributed by atoms with van der Waals surface area (Å²) in [4.78, 5) is 4.21. The van der Waals surface area contributed by atoms with Gasteiger partial charge in [-0.2, -0.15) is 5.10 Å². The Morgan fingerprint density at radius 3 is 2.29 bits per heavy atom. The van der Waals surface area contributed by atoms with Gasteiger partial charge >= 0.3 is 0 Å². The van der Waals surface area contributed by atoms with Gasteiger partial charge in [0, 0.05) is 11.8 Å². The average molecular weight is 317 g/mol. The molecule has 2 aromatic carbocycles. The molecule has 5 N–H and O–H groups in total. The molecule has 0 radical (unpaired) electrons. The number of H-pyrrole nitrogens is 1. The minimum Gasteiger partial charge on any atom is -0.457 e. The maximum atomic E-state index is 5.96. The highest BCUT2D eigenvalue weighted by Crippen LogP contribution is 2.34. The Hall–Kier alpha value is -3.54. The molecule has 0 aliphatic rings. The standard InChI is InChI=1S/C18H15N5O/c19-17-15-14(10-21-18(20)16(15)22-23-17)11-6-8-13(9-7-11)24-12-4-2-1-3-5-12/h1-10H,(H2,20,21)(H3,19,22,23). The predicted octanol–water partition coefficient (Wildman–Crippen LogP) is 3.58. The SMILES string of the molecule is Nc1ncc(-c2ccc(Oc3ccccc3)cc2)c2c(N)n[nH]c12. The van der Waals surface area contributed by atoms with Crippen LogP contribution in [0.15, 0.2) is 60.8 Å². The number of pyridine rings is 1. The van der Waals surface area contributed by atoms with Gasteiger partial charge in [0.2, 0.25) is 0 Å². The number of nitrogens with one attached hydrogen (secondary N) is 1. The highest BCUT2D eigenvalue weighted by molar-refractivity contribution is 6.04. The lowest BCUT2D eigenvalue weighted by Gasteiger charge is -2.08. The lowest BCUT2D eigenvalue weighted by Crippen LogP contribution is -1.94. The topological polar surface area (TPSA) is 103 Å². The molecule has 0 aliphatic heterocycles. The van der Waals surface area contributed by atoms with Crippen molar-refractivity contribution in [3.63, 3.8) is 0 Å². The summed E-state index contributed by atoms with van der Waals surface area (Å²) in [7, 11) is 0. The van der Waals surface area contributed by atoms with Gasteiger partial charge in [0.05, 0.1) is 5.39 Å². The third kappa shape index (κ3) is 2.40. The summed E-state index contributed by atoms with van der Waals surface area (Å²) >= 11 is 0. The first-order valence-corrected chi connectivity index (χ1v) is 7.44. The molecule has 0 fully saturated rings. The number of rotatable bonds is 3. The summed E-state index contributed by atoms with van der Waals surface area (Å²) in [5.74, 6) is 2.33. The van der Waals surface area contributed by atoms with E-state index in [9.17, 15) is 0 Å². The summed E-state index contributed by atoms with van der Waals surface area (Å²) in [6.07, 6.45) is 1.70. The van der Waals surface area contributed by atoms with Crippen molar-refractivity contribution in [3.05, 3.63) is 60.8 Å². The van der Waals surface area contributed by atoms with Crippen molar-refractivity contribution in [2.75, 3.05) is 11.5 Å². The number of nitrogens with two attached hydrogens (primary N) is 2. The normalized spacial score (nSPS) is 10.8. The van der Waals surface area contributed by atoms with Crippen molar-refractivity contribution >= 4 is 22.5 Å². The van der Waals surface area contributed by atoms with E-state index in [1.54, 1.807) is 6.20 Å². The van der Waals surface area contributed by atoms with E-state index < -0.39 is 0 Å². The number of hydrogen-bond donors (Lipinski definition) is 3. The number of nitrogens with zero attached hydrogens (tertiary/aromatic N) is 2. The Balaban J connectivity index is 1.71. The first-order chi connectivity index (χ1) is 11.7. The lowest BCUT2D eigenvalue weighted by molar-refractivity contribution is 0.483. The fourth-order valence-electron chi connectivity index (χ4n) is 2.62. The molecule has 4 aromatic rings. The Labute approximate surface area is 138 Å². The van der Waals surface area contributed by atoms with E-state index in [1.165, 1.54) is 0 Å². The third-order valence-electron chi connectivity index (χ3n) is 3.80. The summed E-state index contributed by atoms with van der Waals surface area (Å²) in [6, 6.07) is 17.4. The summed E-state index contributed by atoms with van der Waals surface area (Å²) in [5.41, 5.74) is 14.3. The molecule has 0 saturated carbocycles. The van der Waals surface area contributed by atoms with Crippen LogP contribution in [0.4, 0.5) is 11.6 Å². The number of fused-ring (bicyclic) bond motifs is 1. The zero-order chi connectivity index (χ0) is 16.5. The molecule has 0 spiro atoms. The van der Waals surface area contributed by atoms with E-state index in [1.807, 2.05) is 54.6 Å². The van der Waals surface area contributed by atoms with Gasteiger partial charge in [-0.3, -0.25) is 5.10 Å². The molecule has 0 unspecified atom stereocenters. The van der Waals surface area contributed by atoms with E-state index in [2.05, 4.69) is 15.2 Å². The maximum Gasteiger partial charge on any atom is 0.153 e. The minimum absolute atomic E-state index is 0.377. The molecule has 0 saturated heterocycles. The van der Waals surface area contributed by atoms with Crippen molar-refractivity contribution in [1.82, 2.24) is 15.2 Å². The Morgan fingerprint density at radius 2 is 1.54 bits per heavy atom. The Morgan fingerprint density at radius 1 is 0.833 bits per heavy atom. The second kappa shape index (κ2) is 5.58. The van der Waals surface area contributed by atoms with E-state index in [4.69, 9.17) is 16.2 Å². The van der Waals surface area contributed by atoms with Crippen molar-refractivity contribution in [2.24, 2.45) is 0 Å². The molecule has 2 heterocycles. The molecule has 0 aliphatic carbocycles. The van der Waals surface area contributed by atoms with Crippen LogP contribution in [0.1, 0.15) is 0 Å². The highest BCUT2D eigenvalue weighted by Gasteiger charge is 2.13. The maximum absolute atomic E-state index is 5.96. The highest BCUT2D eigenvalue weighted by atomic mass is 16.5. The van der Waals surface area contributed by atoms with Crippen LogP contribution >= 0.6 is 0 Å². The average Bonchev–Trinajstić information content (AvgIpc) is 3.00. The van der Waals surface area contributed by atoms with Crippen molar-refractivity contribution in [3.8, 4) is 22.6 Å². The van der Waals surface area contributed by atoms with Gasteiger partial charge in [-0.15, -0.1) is 0 Å². The van der Waals surface area contributed by atoms with E-state index in [-0.39, 0.29) is 0 Å². The van der Waals surface area contributed by atoms with Crippen LogP contribution in [-0.4, -0.2) is 15.2 Å². The molecule has 6 heteroatoms. The molecule has 0 amide bonds. The van der Waals surface area contributed by atoms with Crippen molar-refractivity contribution in [2.45, 2.75) is 0 Å². The van der Waals surface area contributed by atoms with Gasteiger partial charge in [0.25, 0.3) is 0 Å². The number of anilines is 2. The summed E-state index contributed by atoms with van der Waals surface area (Å²) in [6.45, 7) is 0. The molecule has 0 atom stereocenters. The van der Waals surface area contributed by atoms with Gasteiger partial charge in [0.1, 0.15) is 22.8 Å².